The fourth-order valence-corrected chi connectivity index (χ4v) is 3.54. The van der Waals surface area contributed by atoms with Gasteiger partial charge >= 0.3 is 6.61 Å². The number of halogens is 2. The maximum Gasteiger partial charge on any atom is 0.387 e. The molecule has 0 aliphatic rings. The van der Waals surface area contributed by atoms with E-state index in [4.69, 9.17) is 0 Å². The minimum absolute atomic E-state index is 0.0449. The Labute approximate surface area is 153 Å². The van der Waals surface area contributed by atoms with Crippen LogP contribution in [0.15, 0.2) is 53.4 Å². The molecule has 0 atom stereocenters. The Morgan fingerprint density at radius 3 is 2.38 bits per heavy atom. The van der Waals surface area contributed by atoms with Gasteiger partial charge in [-0.25, -0.2) is 13.1 Å². The number of nitrogens with one attached hydrogen (secondary N) is 1. The Morgan fingerprint density at radius 2 is 1.73 bits per heavy atom. The second kappa shape index (κ2) is 9.64. The minimum Gasteiger partial charge on any atom is -0.434 e. The molecule has 0 unspecified atom stereocenters. The largest absolute Gasteiger partial charge is 0.434 e. The van der Waals surface area contributed by atoms with Gasteiger partial charge in [0.25, 0.3) is 0 Å². The summed E-state index contributed by atoms with van der Waals surface area (Å²) in [4.78, 5) is 0.143. The zero-order chi connectivity index (χ0) is 19.0. The molecule has 0 saturated heterocycles. The van der Waals surface area contributed by atoms with E-state index >= 15 is 0 Å². The van der Waals surface area contributed by atoms with Crippen molar-refractivity contribution < 1.29 is 21.9 Å². The first-order valence-electron chi connectivity index (χ1n) is 8.53. The lowest BCUT2D eigenvalue weighted by atomic mass is 10.1. The van der Waals surface area contributed by atoms with E-state index in [0.717, 1.165) is 31.2 Å². The number of aryl methyl sites for hydroxylation is 1. The van der Waals surface area contributed by atoms with Gasteiger partial charge in [0.05, 0.1) is 4.90 Å². The highest BCUT2D eigenvalue weighted by Crippen LogP contribution is 2.21. The molecular weight excluding hydrogens is 360 g/mol. The zero-order valence-corrected chi connectivity index (χ0v) is 15.4. The third kappa shape index (κ3) is 6.07. The van der Waals surface area contributed by atoms with Crippen molar-refractivity contribution in [3.63, 3.8) is 0 Å². The quantitative estimate of drug-likeness (QED) is 0.615. The van der Waals surface area contributed by atoms with Crippen molar-refractivity contribution in [3.05, 3.63) is 59.7 Å². The van der Waals surface area contributed by atoms with E-state index in [0.29, 0.717) is 5.56 Å². The highest BCUT2D eigenvalue weighted by Gasteiger charge is 2.16. The van der Waals surface area contributed by atoms with Crippen molar-refractivity contribution in [2.75, 3.05) is 0 Å². The second-order valence-electron chi connectivity index (χ2n) is 5.91. The van der Waals surface area contributed by atoms with Crippen LogP contribution in [0.3, 0.4) is 0 Å². The normalized spacial score (nSPS) is 11.7. The summed E-state index contributed by atoms with van der Waals surface area (Å²) in [6, 6.07) is 12.8. The summed E-state index contributed by atoms with van der Waals surface area (Å²) >= 11 is 0. The standard InChI is InChI=1S/C19H23F2NO3S/c1-2-3-4-7-15-10-12-17(13-11-15)26(23,24)22-14-16-8-5-6-9-18(16)25-19(20)21/h5-6,8-13,19,22H,2-4,7,14H2,1H3. The van der Waals surface area contributed by atoms with Crippen molar-refractivity contribution in [3.8, 4) is 5.75 Å². The first-order valence-corrected chi connectivity index (χ1v) is 10.0. The maximum absolute atomic E-state index is 12.4. The maximum atomic E-state index is 12.4. The van der Waals surface area contributed by atoms with E-state index in [2.05, 4.69) is 16.4 Å². The van der Waals surface area contributed by atoms with Crippen molar-refractivity contribution in [1.82, 2.24) is 4.72 Å². The molecule has 1 N–H and O–H groups in total. The van der Waals surface area contributed by atoms with Crippen LogP contribution >= 0.6 is 0 Å². The summed E-state index contributed by atoms with van der Waals surface area (Å²) in [6.45, 7) is -0.969. The molecule has 2 aromatic carbocycles. The van der Waals surface area contributed by atoms with E-state index in [9.17, 15) is 17.2 Å². The number of ether oxygens (including phenoxy) is 1. The number of sulfonamides is 1. The molecule has 142 valence electrons. The molecule has 0 spiro atoms. The molecular formula is C19H23F2NO3S. The Bertz CT molecular complexity index is 793. The van der Waals surface area contributed by atoms with Gasteiger partial charge in [0.2, 0.25) is 10.0 Å². The van der Waals surface area contributed by atoms with Crippen LogP contribution in [0.2, 0.25) is 0 Å². The third-order valence-electron chi connectivity index (χ3n) is 3.94. The first-order chi connectivity index (χ1) is 12.4. The molecule has 2 rings (SSSR count). The van der Waals surface area contributed by atoms with Crippen LogP contribution in [0.5, 0.6) is 5.75 Å². The van der Waals surface area contributed by atoms with Gasteiger partial charge in [-0.1, -0.05) is 50.1 Å². The number of rotatable bonds is 10. The lowest BCUT2D eigenvalue weighted by Gasteiger charge is -2.12. The van der Waals surface area contributed by atoms with Gasteiger partial charge in [0.15, 0.2) is 0 Å². The smallest absolute Gasteiger partial charge is 0.387 e. The van der Waals surface area contributed by atoms with Crippen LogP contribution in [-0.2, 0) is 23.0 Å². The molecule has 0 aliphatic heterocycles. The van der Waals surface area contributed by atoms with Gasteiger partial charge in [0, 0.05) is 12.1 Å². The first kappa shape index (κ1) is 20.3. The van der Waals surface area contributed by atoms with E-state index in [1.807, 2.05) is 0 Å². The Balaban J connectivity index is 2.03. The Morgan fingerprint density at radius 1 is 1.04 bits per heavy atom. The average Bonchev–Trinajstić information content (AvgIpc) is 2.61. The molecule has 0 aliphatic carbocycles. The number of hydrogen-bond donors (Lipinski definition) is 1. The third-order valence-corrected chi connectivity index (χ3v) is 5.36. The average molecular weight is 383 g/mol. The highest BCUT2D eigenvalue weighted by atomic mass is 32.2. The summed E-state index contributed by atoms with van der Waals surface area (Å²) in [5, 5.41) is 0. The molecule has 0 fully saturated rings. The second-order valence-corrected chi connectivity index (χ2v) is 7.68. The van der Waals surface area contributed by atoms with Crippen LogP contribution in [0.4, 0.5) is 8.78 Å². The molecule has 0 saturated carbocycles. The van der Waals surface area contributed by atoms with Crippen molar-refractivity contribution in [2.24, 2.45) is 0 Å². The molecule has 2 aromatic rings. The van der Waals surface area contributed by atoms with E-state index < -0.39 is 16.6 Å². The zero-order valence-electron chi connectivity index (χ0n) is 14.6. The van der Waals surface area contributed by atoms with E-state index in [1.54, 1.807) is 36.4 Å². The van der Waals surface area contributed by atoms with Crippen LogP contribution in [0, 0.1) is 0 Å². The van der Waals surface area contributed by atoms with Gasteiger partial charge in [0.1, 0.15) is 5.75 Å². The predicted molar refractivity (Wildman–Crippen MR) is 96.8 cm³/mol. The number of unbranched alkanes of at least 4 members (excludes halogenated alkanes) is 2. The highest BCUT2D eigenvalue weighted by molar-refractivity contribution is 7.89. The molecule has 0 amide bonds. The van der Waals surface area contributed by atoms with Gasteiger partial charge < -0.3 is 4.74 Å². The molecule has 26 heavy (non-hydrogen) atoms. The summed E-state index contributed by atoms with van der Waals surface area (Å²) in [7, 11) is -3.74. The topological polar surface area (TPSA) is 55.4 Å². The van der Waals surface area contributed by atoms with E-state index in [1.165, 1.54) is 12.1 Å². The van der Waals surface area contributed by atoms with Crippen molar-refractivity contribution in [1.29, 1.82) is 0 Å². The van der Waals surface area contributed by atoms with Crippen molar-refractivity contribution in [2.45, 2.75) is 50.7 Å². The monoisotopic (exact) mass is 383 g/mol. The van der Waals surface area contributed by atoms with Crippen LogP contribution < -0.4 is 9.46 Å². The van der Waals surface area contributed by atoms with Crippen molar-refractivity contribution >= 4 is 10.0 Å². The molecule has 0 aromatic heterocycles. The van der Waals surface area contributed by atoms with Gasteiger partial charge in [-0.15, -0.1) is 0 Å². The van der Waals surface area contributed by atoms with Crippen LogP contribution in [-0.4, -0.2) is 15.0 Å². The summed E-state index contributed by atoms with van der Waals surface area (Å²) in [5.41, 5.74) is 1.43. The lowest BCUT2D eigenvalue weighted by Crippen LogP contribution is -2.23. The molecule has 0 radical (unpaired) electrons. The van der Waals surface area contributed by atoms with E-state index in [-0.39, 0.29) is 17.2 Å². The fourth-order valence-electron chi connectivity index (χ4n) is 2.53. The predicted octanol–water partition coefficient (Wildman–Crippen LogP) is 4.50. The number of hydrogen-bond acceptors (Lipinski definition) is 3. The lowest BCUT2D eigenvalue weighted by molar-refractivity contribution is -0.0504. The Kier molecular flexibility index (Phi) is 7.53. The fraction of sp³-hybridized carbons (Fsp3) is 0.368. The van der Waals surface area contributed by atoms with Crippen LogP contribution in [0.1, 0.15) is 37.3 Å². The summed E-state index contributed by atoms with van der Waals surface area (Å²) in [6.07, 6.45) is 4.26. The molecule has 4 nitrogen and oxygen atoms in total. The molecule has 0 heterocycles. The number of benzene rings is 2. The van der Waals surface area contributed by atoms with Crippen LogP contribution in [0.25, 0.3) is 0 Å². The van der Waals surface area contributed by atoms with Gasteiger partial charge in [-0.3, -0.25) is 0 Å². The van der Waals surface area contributed by atoms with Gasteiger partial charge in [-0.2, -0.15) is 8.78 Å². The Hall–Kier alpha value is -1.99. The summed E-state index contributed by atoms with van der Waals surface area (Å²) < 4.78 is 56.5. The van der Waals surface area contributed by atoms with Gasteiger partial charge in [-0.05, 0) is 36.6 Å². The molecule has 0 bridgehead atoms. The molecule has 7 heteroatoms. The minimum atomic E-state index is -3.74. The number of alkyl halides is 2. The number of para-hydroxylation sites is 1. The summed E-state index contributed by atoms with van der Waals surface area (Å²) in [5.74, 6) is -0.0449. The SMILES string of the molecule is CCCCCc1ccc(S(=O)(=O)NCc2ccccc2OC(F)F)cc1.